The summed E-state index contributed by atoms with van der Waals surface area (Å²) in [5.41, 5.74) is 1.54. The molecule has 3 aromatic rings. The molecule has 1 saturated carbocycles. The van der Waals surface area contributed by atoms with Crippen molar-refractivity contribution in [3.8, 4) is 6.07 Å². The fraction of sp³-hybridized carbons (Fsp3) is 0.476. The smallest absolute Gasteiger partial charge is 0.408 e. The Hall–Kier alpha value is -3.76. The van der Waals surface area contributed by atoms with Crippen molar-refractivity contribution in [3.05, 3.63) is 35.4 Å². The van der Waals surface area contributed by atoms with Gasteiger partial charge in [0.1, 0.15) is 17.7 Å². The summed E-state index contributed by atoms with van der Waals surface area (Å²) in [5.74, 6) is 0.691. The van der Waals surface area contributed by atoms with Crippen LogP contribution in [0, 0.1) is 11.3 Å². The molecule has 3 atom stereocenters. The van der Waals surface area contributed by atoms with E-state index in [4.69, 9.17) is 14.2 Å². The van der Waals surface area contributed by atoms with Gasteiger partial charge in [0.05, 0.1) is 30.8 Å². The Morgan fingerprint density at radius 2 is 2.29 bits per heavy atom. The normalized spacial score (nSPS) is 22.9. The molecule has 1 aliphatic heterocycles. The summed E-state index contributed by atoms with van der Waals surface area (Å²) in [6.07, 6.45) is -0.948. The molecule has 5 rings (SSSR count). The van der Waals surface area contributed by atoms with Crippen LogP contribution in [0.2, 0.25) is 0 Å². The molecule has 0 radical (unpaired) electrons. The maximum absolute atomic E-state index is 15.0. The minimum Gasteiger partial charge on any atom is -0.441 e. The fourth-order valence-electron chi connectivity index (χ4n) is 3.74. The zero-order valence-corrected chi connectivity index (χ0v) is 18.5. The van der Waals surface area contributed by atoms with Crippen LogP contribution in [0.15, 0.2) is 18.3 Å². The number of carbonyl (C=O) groups is 1. The van der Waals surface area contributed by atoms with Gasteiger partial charge < -0.3 is 24.8 Å². The van der Waals surface area contributed by atoms with Gasteiger partial charge in [-0.1, -0.05) is 0 Å². The van der Waals surface area contributed by atoms with Crippen molar-refractivity contribution in [2.45, 2.75) is 50.3 Å². The number of H-pyrrole nitrogens is 1. The molecule has 1 amide bonds. The van der Waals surface area contributed by atoms with Gasteiger partial charge in [0.15, 0.2) is 29.6 Å². The van der Waals surface area contributed by atoms with Crippen LogP contribution in [-0.4, -0.2) is 62.4 Å². The molecule has 4 heterocycles. The number of ether oxygens (including phenoxy) is 3. The number of fused-ring (bicyclic) bond motifs is 1. The average Bonchev–Trinajstić information content (AvgIpc) is 3.14. The van der Waals surface area contributed by atoms with Crippen LogP contribution >= 0.6 is 0 Å². The van der Waals surface area contributed by atoms with E-state index in [-0.39, 0.29) is 17.8 Å². The molecule has 2 aliphatic rings. The number of carbonyl (C=O) groups excluding carboxylic acids is 1. The summed E-state index contributed by atoms with van der Waals surface area (Å²) >= 11 is 0. The van der Waals surface area contributed by atoms with Crippen molar-refractivity contribution in [2.24, 2.45) is 0 Å². The van der Waals surface area contributed by atoms with Gasteiger partial charge >= 0.3 is 6.09 Å². The van der Waals surface area contributed by atoms with E-state index in [1.165, 1.54) is 10.7 Å². The number of hydrogen-bond acceptors (Lipinski definition) is 9. The molecule has 1 saturated heterocycles. The SMILES string of the molecule is COCc1cc2c(Nc3cc([C@@H]4OC[C@H](OC(=O)NC5(C)CC5)[C@H]4F)[nH]n3)nc(C#N)cn2n1. The van der Waals surface area contributed by atoms with Crippen LogP contribution in [0.3, 0.4) is 0 Å². The highest BCUT2D eigenvalue weighted by Crippen LogP contribution is 2.36. The number of nitrogens with one attached hydrogen (secondary N) is 3. The molecule has 13 heteroatoms. The van der Waals surface area contributed by atoms with Gasteiger partial charge in [0.2, 0.25) is 0 Å². The Balaban J connectivity index is 1.29. The third-order valence-corrected chi connectivity index (χ3v) is 5.81. The first-order valence-electron chi connectivity index (χ1n) is 10.7. The molecule has 0 aromatic carbocycles. The van der Waals surface area contributed by atoms with Crippen LogP contribution in [0.25, 0.3) is 5.52 Å². The van der Waals surface area contributed by atoms with Gasteiger partial charge in [0, 0.05) is 18.7 Å². The third kappa shape index (κ3) is 4.37. The Bertz CT molecular complexity index is 1260. The van der Waals surface area contributed by atoms with Gasteiger partial charge in [-0.15, -0.1) is 0 Å². The lowest BCUT2D eigenvalue weighted by atomic mass is 10.1. The van der Waals surface area contributed by atoms with Gasteiger partial charge in [-0.05, 0) is 25.8 Å². The molecule has 0 unspecified atom stereocenters. The molecule has 178 valence electrons. The highest BCUT2D eigenvalue weighted by molar-refractivity contribution is 5.73. The third-order valence-electron chi connectivity index (χ3n) is 5.81. The second kappa shape index (κ2) is 8.54. The molecular weight excluding hydrogens is 447 g/mol. The number of anilines is 2. The van der Waals surface area contributed by atoms with E-state index >= 15 is 0 Å². The summed E-state index contributed by atoms with van der Waals surface area (Å²) in [6.45, 7) is 2.14. The van der Waals surface area contributed by atoms with E-state index in [2.05, 4.69) is 30.9 Å². The molecule has 3 N–H and O–H groups in total. The molecule has 2 fully saturated rings. The molecular formula is C21H23FN8O4. The maximum atomic E-state index is 15.0. The number of methoxy groups -OCH3 is 1. The number of alkyl halides is 1. The highest BCUT2D eigenvalue weighted by Gasteiger charge is 2.44. The van der Waals surface area contributed by atoms with Crippen LogP contribution < -0.4 is 10.6 Å². The van der Waals surface area contributed by atoms with E-state index in [0.29, 0.717) is 35.1 Å². The van der Waals surface area contributed by atoms with Crippen molar-refractivity contribution >= 4 is 23.2 Å². The number of halogens is 1. The van der Waals surface area contributed by atoms with Gasteiger partial charge in [-0.25, -0.2) is 18.7 Å². The lowest BCUT2D eigenvalue weighted by Crippen LogP contribution is -2.39. The van der Waals surface area contributed by atoms with Crippen LogP contribution in [0.5, 0.6) is 0 Å². The minimum absolute atomic E-state index is 0.0672. The zero-order valence-electron chi connectivity index (χ0n) is 18.5. The molecule has 0 bridgehead atoms. The molecule has 1 aliphatic carbocycles. The number of aromatic nitrogens is 5. The van der Waals surface area contributed by atoms with Crippen LogP contribution in [0.4, 0.5) is 20.8 Å². The second-order valence-electron chi connectivity index (χ2n) is 8.65. The van der Waals surface area contributed by atoms with Crippen LogP contribution in [-0.2, 0) is 20.8 Å². The molecule has 34 heavy (non-hydrogen) atoms. The summed E-state index contributed by atoms with van der Waals surface area (Å²) in [7, 11) is 1.56. The monoisotopic (exact) mass is 470 g/mol. The number of aromatic amines is 1. The number of nitrogens with zero attached hydrogens (tertiary/aromatic N) is 5. The van der Waals surface area contributed by atoms with E-state index in [0.717, 1.165) is 12.8 Å². The van der Waals surface area contributed by atoms with Gasteiger partial charge in [0.25, 0.3) is 0 Å². The second-order valence-corrected chi connectivity index (χ2v) is 8.65. The minimum atomic E-state index is -1.57. The summed E-state index contributed by atoms with van der Waals surface area (Å²) in [6, 6.07) is 5.35. The number of nitriles is 1. The summed E-state index contributed by atoms with van der Waals surface area (Å²) in [5, 5.41) is 26.4. The summed E-state index contributed by atoms with van der Waals surface area (Å²) < 4.78 is 32.4. The maximum Gasteiger partial charge on any atom is 0.408 e. The predicted molar refractivity (Wildman–Crippen MR) is 115 cm³/mol. The predicted octanol–water partition coefficient (Wildman–Crippen LogP) is 2.27. The van der Waals surface area contributed by atoms with Crippen molar-refractivity contribution in [2.75, 3.05) is 19.0 Å². The number of alkyl carbamates (subject to hydrolysis) is 1. The van der Waals surface area contributed by atoms with E-state index in [1.54, 1.807) is 19.2 Å². The Labute approximate surface area is 193 Å². The van der Waals surface area contributed by atoms with E-state index in [9.17, 15) is 14.4 Å². The Morgan fingerprint density at radius 1 is 1.47 bits per heavy atom. The van der Waals surface area contributed by atoms with Gasteiger partial charge in [-0.2, -0.15) is 15.5 Å². The number of hydrogen-bond donors (Lipinski definition) is 3. The van der Waals surface area contributed by atoms with E-state index in [1.807, 2.05) is 13.0 Å². The first-order chi connectivity index (χ1) is 16.4. The quantitative estimate of drug-likeness (QED) is 0.472. The van der Waals surface area contributed by atoms with Crippen molar-refractivity contribution in [1.82, 2.24) is 30.1 Å². The first kappa shape index (κ1) is 22.1. The fourth-order valence-corrected chi connectivity index (χ4v) is 3.74. The topological polar surface area (TPSA) is 151 Å². The van der Waals surface area contributed by atoms with Gasteiger partial charge in [-0.3, -0.25) is 5.10 Å². The largest absolute Gasteiger partial charge is 0.441 e. The number of amides is 1. The van der Waals surface area contributed by atoms with E-state index < -0.39 is 24.5 Å². The number of rotatable bonds is 7. The first-order valence-corrected chi connectivity index (χ1v) is 10.7. The Morgan fingerprint density at radius 3 is 3.03 bits per heavy atom. The van der Waals surface area contributed by atoms with Crippen molar-refractivity contribution in [1.29, 1.82) is 5.26 Å². The molecule has 3 aromatic heterocycles. The standard InChI is InChI=1S/C21H23FN8O4/c1-21(3-4-21)26-20(31)34-15-10-33-18(17(15)22)13-6-16(28-27-13)25-19-14-5-11(9-32-2)29-30(14)8-12(7-23)24-19/h5-6,8,15,17-18H,3-4,9-10H2,1-2H3,(H,26,31)(H2,24,25,27,28)/t15-,17+,18-/m0/s1. The average molecular weight is 470 g/mol. The van der Waals surface area contributed by atoms with Crippen molar-refractivity contribution < 1.29 is 23.4 Å². The molecule has 12 nitrogen and oxygen atoms in total. The molecule has 0 spiro atoms. The Kier molecular flexibility index (Phi) is 5.54. The zero-order chi connectivity index (χ0) is 23.9. The van der Waals surface area contributed by atoms with Crippen LogP contribution in [0.1, 0.15) is 43.0 Å². The lowest BCUT2D eigenvalue weighted by molar-refractivity contribution is 0.0604. The summed E-state index contributed by atoms with van der Waals surface area (Å²) in [4.78, 5) is 16.3. The lowest BCUT2D eigenvalue weighted by Gasteiger charge is -2.17. The van der Waals surface area contributed by atoms with Crippen molar-refractivity contribution in [3.63, 3.8) is 0 Å². The highest BCUT2D eigenvalue weighted by atomic mass is 19.1.